The van der Waals surface area contributed by atoms with Gasteiger partial charge in [0.1, 0.15) is 0 Å². The highest BCUT2D eigenvalue weighted by Gasteiger charge is 2.14. The molecule has 134 valence electrons. The smallest absolute Gasteiger partial charge is 0.356 e. The molecule has 1 aromatic heterocycles. The Morgan fingerprint density at radius 3 is 2.32 bits per heavy atom. The first-order valence-corrected chi connectivity index (χ1v) is 8.56. The van der Waals surface area contributed by atoms with E-state index < -0.39 is 5.97 Å². The maximum Gasteiger partial charge on any atom is 0.356 e. The monoisotopic (exact) mass is 343 g/mol. The van der Waals surface area contributed by atoms with Gasteiger partial charge in [0.2, 0.25) is 5.91 Å². The Kier molecular flexibility index (Phi) is 6.33. The summed E-state index contributed by atoms with van der Waals surface area (Å²) >= 11 is 0. The number of hydrogen-bond acceptors (Lipinski definition) is 3. The van der Waals surface area contributed by atoms with Crippen LogP contribution in [-0.2, 0) is 11.3 Å². The molecule has 0 saturated heterocycles. The Morgan fingerprint density at radius 1 is 1.16 bits per heavy atom. The summed E-state index contributed by atoms with van der Waals surface area (Å²) in [5.41, 5.74) is 2.35. The van der Waals surface area contributed by atoms with Gasteiger partial charge in [-0.1, -0.05) is 45.0 Å². The normalized spacial score (nSPS) is 12.2. The van der Waals surface area contributed by atoms with E-state index in [1.54, 1.807) is 6.20 Å². The Morgan fingerprint density at radius 2 is 1.80 bits per heavy atom. The van der Waals surface area contributed by atoms with Crippen LogP contribution < -0.4 is 5.32 Å². The third kappa shape index (κ3) is 5.17. The van der Waals surface area contributed by atoms with Crippen LogP contribution in [0.25, 0.3) is 0 Å². The van der Waals surface area contributed by atoms with Crippen molar-refractivity contribution in [1.82, 2.24) is 15.1 Å². The van der Waals surface area contributed by atoms with E-state index in [2.05, 4.69) is 48.5 Å². The molecule has 1 heterocycles. The number of benzene rings is 1. The second-order valence-electron chi connectivity index (χ2n) is 6.37. The summed E-state index contributed by atoms with van der Waals surface area (Å²) in [6, 6.07) is 9.73. The predicted molar refractivity (Wildman–Crippen MR) is 95.5 cm³/mol. The molecule has 0 aliphatic rings. The fourth-order valence-electron chi connectivity index (χ4n) is 2.62. The first kappa shape index (κ1) is 18.7. The minimum Gasteiger partial charge on any atom is -0.476 e. The van der Waals surface area contributed by atoms with Crippen LogP contribution in [0.5, 0.6) is 0 Å². The fourth-order valence-corrected chi connectivity index (χ4v) is 2.62. The van der Waals surface area contributed by atoms with Gasteiger partial charge in [-0.25, -0.2) is 4.79 Å². The van der Waals surface area contributed by atoms with Crippen molar-refractivity contribution in [1.29, 1.82) is 0 Å². The van der Waals surface area contributed by atoms with Crippen molar-refractivity contribution in [3.8, 4) is 0 Å². The van der Waals surface area contributed by atoms with Gasteiger partial charge in [0, 0.05) is 19.2 Å². The third-order valence-electron chi connectivity index (χ3n) is 4.18. The lowest BCUT2D eigenvalue weighted by atomic mass is 9.98. The number of nitrogens with zero attached hydrogens (tertiary/aromatic N) is 2. The van der Waals surface area contributed by atoms with Crippen LogP contribution in [0.2, 0.25) is 0 Å². The number of aromatic nitrogens is 2. The quantitative estimate of drug-likeness (QED) is 0.770. The van der Waals surface area contributed by atoms with E-state index >= 15 is 0 Å². The Labute approximate surface area is 147 Å². The molecule has 0 fully saturated rings. The number of rotatable bonds is 8. The van der Waals surface area contributed by atoms with Gasteiger partial charge < -0.3 is 10.4 Å². The van der Waals surface area contributed by atoms with E-state index in [0.717, 1.165) is 12.0 Å². The van der Waals surface area contributed by atoms with E-state index in [1.165, 1.54) is 16.3 Å². The maximum atomic E-state index is 12.2. The van der Waals surface area contributed by atoms with Crippen LogP contribution in [0.4, 0.5) is 0 Å². The molecule has 0 bridgehead atoms. The lowest BCUT2D eigenvalue weighted by Gasteiger charge is -2.18. The zero-order chi connectivity index (χ0) is 18.4. The van der Waals surface area contributed by atoms with Crippen molar-refractivity contribution in [2.75, 3.05) is 0 Å². The number of hydrogen-bond donors (Lipinski definition) is 2. The summed E-state index contributed by atoms with van der Waals surface area (Å²) in [6.07, 6.45) is 2.62. The van der Waals surface area contributed by atoms with Crippen LogP contribution in [-0.4, -0.2) is 26.8 Å². The van der Waals surface area contributed by atoms with Gasteiger partial charge >= 0.3 is 5.97 Å². The highest BCUT2D eigenvalue weighted by Crippen LogP contribution is 2.20. The van der Waals surface area contributed by atoms with E-state index in [9.17, 15) is 9.59 Å². The SMILES string of the molecule is CCC(NC(=O)CCn1ccc(C(=O)O)n1)c1ccc(C(C)C)cc1. The zero-order valence-corrected chi connectivity index (χ0v) is 14.9. The lowest BCUT2D eigenvalue weighted by Crippen LogP contribution is -2.29. The van der Waals surface area contributed by atoms with Gasteiger partial charge in [0.25, 0.3) is 0 Å². The molecule has 6 heteroatoms. The van der Waals surface area contributed by atoms with Gasteiger partial charge in [-0.2, -0.15) is 5.10 Å². The molecule has 1 unspecified atom stereocenters. The van der Waals surface area contributed by atoms with Crippen LogP contribution in [0, 0.1) is 0 Å². The van der Waals surface area contributed by atoms with Crippen molar-refractivity contribution >= 4 is 11.9 Å². The molecule has 1 amide bonds. The second kappa shape index (κ2) is 8.46. The highest BCUT2D eigenvalue weighted by atomic mass is 16.4. The fraction of sp³-hybridized carbons (Fsp3) is 0.421. The molecular formula is C19H25N3O3. The number of carboxylic acid groups (broad SMARTS) is 1. The number of amides is 1. The number of nitrogens with one attached hydrogen (secondary N) is 1. The Hall–Kier alpha value is -2.63. The molecule has 0 radical (unpaired) electrons. The van der Waals surface area contributed by atoms with E-state index in [1.807, 2.05) is 6.92 Å². The van der Waals surface area contributed by atoms with Crippen molar-refractivity contribution in [2.24, 2.45) is 0 Å². The van der Waals surface area contributed by atoms with Gasteiger partial charge in [-0.15, -0.1) is 0 Å². The number of carbonyl (C=O) groups excluding carboxylic acids is 1. The first-order valence-electron chi connectivity index (χ1n) is 8.56. The second-order valence-corrected chi connectivity index (χ2v) is 6.37. The predicted octanol–water partition coefficient (Wildman–Crippen LogP) is 3.36. The van der Waals surface area contributed by atoms with Crippen molar-refractivity contribution in [3.63, 3.8) is 0 Å². The molecule has 0 spiro atoms. The summed E-state index contributed by atoms with van der Waals surface area (Å²) < 4.78 is 1.47. The van der Waals surface area contributed by atoms with Crippen molar-refractivity contribution in [3.05, 3.63) is 53.3 Å². The number of aryl methyl sites for hydroxylation is 1. The summed E-state index contributed by atoms with van der Waals surface area (Å²) in [6.45, 7) is 6.69. The summed E-state index contributed by atoms with van der Waals surface area (Å²) in [4.78, 5) is 23.0. The molecule has 1 atom stereocenters. The largest absolute Gasteiger partial charge is 0.476 e. The van der Waals surface area contributed by atoms with Gasteiger partial charge in [0.05, 0.1) is 6.04 Å². The van der Waals surface area contributed by atoms with Gasteiger partial charge in [-0.3, -0.25) is 9.48 Å². The van der Waals surface area contributed by atoms with Crippen molar-refractivity contribution < 1.29 is 14.7 Å². The van der Waals surface area contributed by atoms with E-state index in [0.29, 0.717) is 12.5 Å². The summed E-state index contributed by atoms with van der Waals surface area (Å²) in [5.74, 6) is -0.667. The molecule has 0 aliphatic carbocycles. The molecule has 0 aliphatic heterocycles. The van der Waals surface area contributed by atoms with Crippen LogP contribution in [0.1, 0.15) is 67.2 Å². The Balaban J connectivity index is 1.91. The topological polar surface area (TPSA) is 84.2 Å². The zero-order valence-electron chi connectivity index (χ0n) is 14.9. The van der Waals surface area contributed by atoms with Crippen molar-refractivity contribution in [2.45, 2.75) is 52.1 Å². The molecule has 1 aromatic carbocycles. The number of carboxylic acids is 1. The molecule has 2 rings (SSSR count). The summed E-state index contributed by atoms with van der Waals surface area (Å²) in [7, 11) is 0. The molecule has 0 saturated carbocycles. The standard InChI is InChI=1S/C19H25N3O3/c1-4-16(15-7-5-14(6-8-15)13(2)3)20-18(23)10-12-22-11-9-17(21-22)19(24)25/h5-9,11,13,16H,4,10,12H2,1-3H3,(H,20,23)(H,24,25). The first-order chi connectivity index (χ1) is 11.9. The molecule has 25 heavy (non-hydrogen) atoms. The van der Waals surface area contributed by atoms with Gasteiger partial charge in [-0.05, 0) is 29.5 Å². The minimum atomic E-state index is -1.07. The van der Waals surface area contributed by atoms with E-state index in [4.69, 9.17) is 5.11 Å². The average Bonchev–Trinajstić information content (AvgIpc) is 3.07. The van der Waals surface area contributed by atoms with Gasteiger partial charge in [0.15, 0.2) is 5.69 Å². The molecular weight excluding hydrogens is 318 g/mol. The summed E-state index contributed by atoms with van der Waals surface area (Å²) in [5, 5.41) is 15.8. The molecule has 2 N–H and O–H groups in total. The molecule has 6 nitrogen and oxygen atoms in total. The Bertz CT molecular complexity index is 720. The van der Waals surface area contributed by atoms with Crippen LogP contribution in [0.15, 0.2) is 36.5 Å². The molecule has 2 aromatic rings. The van der Waals surface area contributed by atoms with Crippen LogP contribution in [0.3, 0.4) is 0 Å². The minimum absolute atomic E-state index is 0.0166. The average molecular weight is 343 g/mol. The van der Waals surface area contributed by atoms with E-state index in [-0.39, 0.29) is 24.1 Å². The maximum absolute atomic E-state index is 12.2. The third-order valence-corrected chi connectivity index (χ3v) is 4.18. The number of aromatic carboxylic acids is 1. The highest BCUT2D eigenvalue weighted by molar-refractivity contribution is 5.85. The van der Waals surface area contributed by atoms with Crippen LogP contribution >= 0.6 is 0 Å². The number of carbonyl (C=O) groups is 2. The lowest BCUT2D eigenvalue weighted by molar-refractivity contribution is -0.122.